The number of methoxy groups -OCH3 is 2. The molecule has 0 fully saturated rings. The Hall–Kier alpha value is -2.62. The topological polar surface area (TPSA) is 46.6 Å². The van der Waals surface area contributed by atoms with Crippen molar-refractivity contribution in [3.8, 4) is 11.5 Å². The van der Waals surface area contributed by atoms with Crippen molar-refractivity contribution in [1.82, 2.24) is 0 Å². The third kappa shape index (κ3) is 71.0. The lowest BCUT2D eigenvalue weighted by Crippen LogP contribution is -2.02. The van der Waals surface area contributed by atoms with E-state index in [9.17, 15) is 69.1 Å². The summed E-state index contributed by atoms with van der Waals surface area (Å²) in [5.41, 5.74) is 0.387. The largest absolute Gasteiger partial charge is 0.673 e. The molecular formula is C8H9B4F16N2O2-3. The summed E-state index contributed by atoms with van der Waals surface area (Å²) in [6.45, 7) is 0. The quantitative estimate of drug-likeness (QED) is 0.236. The lowest BCUT2D eigenvalue weighted by Gasteiger charge is -1.99. The van der Waals surface area contributed by atoms with Crippen LogP contribution in [0.15, 0.2) is 18.2 Å². The fourth-order valence-corrected chi connectivity index (χ4v) is 0.868. The first kappa shape index (κ1) is 36.7. The second-order valence-electron chi connectivity index (χ2n) is 4.12. The van der Waals surface area contributed by atoms with Crippen molar-refractivity contribution in [1.29, 1.82) is 5.39 Å². The second-order valence-corrected chi connectivity index (χ2v) is 4.12. The number of diazo groups is 1. The molecule has 0 amide bonds. The van der Waals surface area contributed by atoms with Crippen molar-refractivity contribution in [3.05, 3.63) is 23.2 Å². The van der Waals surface area contributed by atoms with Gasteiger partial charge in [0.05, 0.1) is 14.2 Å². The lowest BCUT2D eigenvalue weighted by molar-refractivity contribution is 0.366. The van der Waals surface area contributed by atoms with Gasteiger partial charge in [0.1, 0.15) is 5.75 Å². The summed E-state index contributed by atoms with van der Waals surface area (Å²) in [5, 5.41) is 8.52. The predicted octanol–water partition coefficient (Wildman–Crippen LogP) is 7.39. The molecule has 0 aliphatic rings. The van der Waals surface area contributed by atoms with Crippen LogP contribution in [0.25, 0.3) is 4.98 Å². The molecule has 0 unspecified atom stereocenters. The number of nitrogens with zero attached hydrogens (tertiary/aromatic N) is 2. The number of ether oxygens (including phenoxy) is 2. The van der Waals surface area contributed by atoms with Gasteiger partial charge in [-0.05, 0) is 6.07 Å². The van der Waals surface area contributed by atoms with E-state index in [4.69, 9.17) is 14.9 Å². The molecule has 0 N–H and O–H groups in total. The van der Waals surface area contributed by atoms with E-state index >= 15 is 0 Å². The number of hydrogen-bond donors (Lipinski definition) is 0. The predicted molar refractivity (Wildman–Crippen MR) is 85.0 cm³/mol. The molecule has 0 heterocycles. The Bertz CT molecular complexity index is 584. The summed E-state index contributed by atoms with van der Waals surface area (Å²) >= 11 is 0. The van der Waals surface area contributed by atoms with Crippen LogP contribution in [0.4, 0.5) is 74.7 Å². The minimum absolute atomic E-state index is 0.387. The van der Waals surface area contributed by atoms with E-state index in [1.807, 2.05) is 0 Å². The zero-order valence-electron chi connectivity index (χ0n) is 15.3. The van der Waals surface area contributed by atoms with E-state index in [2.05, 4.69) is 4.98 Å². The van der Waals surface area contributed by atoms with Crippen molar-refractivity contribution < 1.29 is 78.5 Å². The van der Waals surface area contributed by atoms with E-state index in [1.54, 1.807) is 25.3 Å². The SMILES string of the molecule is COc1ccc([N+]#N)c(OC)c1.F[B-](F)(F)F.F[B-](F)(F)F.F[B-](F)(F)F.F[B-](F)(F)F. The van der Waals surface area contributed by atoms with Gasteiger partial charge in [-0.15, -0.1) is 0 Å². The number of benzene rings is 1. The monoisotopic (exact) mass is 513 g/mol. The van der Waals surface area contributed by atoms with Crippen LogP contribution in [-0.2, 0) is 0 Å². The molecule has 0 saturated heterocycles. The highest BCUT2D eigenvalue weighted by atomic mass is 19.5. The Morgan fingerprint density at radius 3 is 1.06 bits per heavy atom. The van der Waals surface area contributed by atoms with E-state index < -0.39 is 29.0 Å². The third-order valence-electron chi connectivity index (χ3n) is 1.49. The van der Waals surface area contributed by atoms with Crippen molar-refractivity contribution >= 4 is 34.7 Å². The van der Waals surface area contributed by atoms with Gasteiger partial charge in [0.15, 0.2) is 4.98 Å². The number of hydrogen-bond acceptors (Lipinski definition) is 3. The van der Waals surface area contributed by atoms with Crippen LogP contribution in [0.3, 0.4) is 0 Å². The van der Waals surface area contributed by atoms with Crippen molar-refractivity contribution in [2.24, 2.45) is 0 Å². The van der Waals surface area contributed by atoms with E-state index in [0.29, 0.717) is 17.2 Å². The highest BCUT2D eigenvalue weighted by Gasteiger charge is 2.22. The third-order valence-corrected chi connectivity index (χ3v) is 1.49. The molecule has 0 bridgehead atoms. The Morgan fingerprint density at radius 1 is 0.594 bits per heavy atom. The van der Waals surface area contributed by atoms with Crippen molar-refractivity contribution in [2.75, 3.05) is 14.2 Å². The second kappa shape index (κ2) is 16.1. The van der Waals surface area contributed by atoms with Gasteiger partial charge in [-0.3, -0.25) is 0 Å². The van der Waals surface area contributed by atoms with Crippen LogP contribution in [0.5, 0.6) is 11.5 Å². The molecule has 1 aromatic rings. The minimum atomic E-state index is -6.00. The molecule has 190 valence electrons. The van der Waals surface area contributed by atoms with Crippen LogP contribution in [0, 0.1) is 5.39 Å². The zero-order chi connectivity index (χ0) is 27.0. The highest BCUT2D eigenvalue weighted by Crippen LogP contribution is 2.30. The van der Waals surface area contributed by atoms with Gasteiger partial charge in [-0.2, -0.15) is 0 Å². The van der Waals surface area contributed by atoms with Gasteiger partial charge in [-0.25, -0.2) is 0 Å². The first-order valence-electron chi connectivity index (χ1n) is 6.88. The molecule has 32 heavy (non-hydrogen) atoms. The molecule has 0 saturated carbocycles. The maximum absolute atomic E-state index is 9.75. The number of halogens is 16. The van der Waals surface area contributed by atoms with Crippen molar-refractivity contribution in [2.45, 2.75) is 0 Å². The molecule has 0 atom stereocenters. The molecule has 24 heteroatoms. The van der Waals surface area contributed by atoms with Crippen LogP contribution in [0.1, 0.15) is 0 Å². The molecule has 1 rings (SSSR count). The fraction of sp³-hybridized carbons (Fsp3) is 0.250. The minimum Gasteiger partial charge on any atom is -0.497 e. The molecular weight excluding hydrogens is 503 g/mol. The Labute approximate surface area is 168 Å². The average Bonchev–Trinajstić information content (AvgIpc) is 2.47. The van der Waals surface area contributed by atoms with Gasteiger partial charge < -0.3 is 78.5 Å². The summed E-state index contributed by atoms with van der Waals surface area (Å²) in [4.78, 5) is 3.04. The lowest BCUT2D eigenvalue weighted by atomic mass is 10.3. The van der Waals surface area contributed by atoms with E-state index in [-0.39, 0.29) is 0 Å². The summed E-state index contributed by atoms with van der Waals surface area (Å²) in [5.74, 6) is 1.15. The van der Waals surface area contributed by atoms with Crippen LogP contribution in [0.2, 0.25) is 0 Å². The van der Waals surface area contributed by atoms with Crippen LogP contribution < -0.4 is 9.47 Å². The summed E-state index contributed by atoms with van der Waals surface area (Å²) in [6, 6.07) is 4.95. The molecule has 1 aromatic carbocycles. The normalized spacial score (nSPS) is 10.8. The van der Waals surface area contributed by atoms with Gasteiger partial charge in [0.2, 0.25) is 11.1 Å². The van der Waals surface area contributed by atoms with E-state index in [0.717, 1.165) is 0 Å². The molecule has 0 aliphatic carbocycles. The Balaban J connectivity index is -0.000000167. The molecule has 0 aromatic heterocycles. The van der Waals surface area contributed by atoms with Crippen LogP contribution >= 0.6 is 0 Å². The van der Waals surface area contributed by atoms with Gasteiger partial charge in [0.25, 0.3) is 0 Å². The average molecular weight is 512 g/mol. The molecule has 4 nitrogen and oxygen atoms in total. The maximum atomic E-state index is 9.75. The standard InChI is InChI=1S/C8H9N2O2.4BF4/c1-11-6-3-4-7(10-9)8(5-6)12-2;4*2-1(3,4)5/h3-5H,1-2H3;;;;/q+1;4*-1. The van der Waals surface area contributed by atoms with Gasteiger partial charge >= 0.3 is 34.7 Å². The zero-order valence-corrected chi connectivity index (χ0v) is 15.3. The van der Waals surface area contributed by atoms with Crippen molar-refractivity contribution in [3.63, 3.8) is 0 Å². The summed E-state index contributed by atoms with van der Waals surface area (Å²) in [6.07, 6.45) is 0. The highest BCUT2D eigenvalue weighted by molar-refractivity contribution is 6.50. The van der Waals surface area contributed by atoms with Gasteiger partial charge in [-0.1, -0.05) is 0 Å². The summed E-state index contributed by atoms with van der Waals surface area (Å²) in [7, 11) is -20.9. The maximum Gasteiger partial charge on any atom is 0.673 e. The van der Waals surface area contributed by atoms with Crippen LogP contribution in [-0.4, -0.2) is 43.2 Å². The number of rotatable bonds is 2. The van der Waals surface area contributed by atoms with E-state index in [1.165, 1.54) is 7.11 Å². The molecule has 0 radical (unpaired) electrons. The smallest absolute Gasteiger partial charge is 0.497 e. The molecule has 0 spiro atoms. The van der Waals surface area contributed by atoms with Gasteiger partial charge in [0, 0.05) is 12.1 Å². The Kier molecular flexibility index (Phi) is 18.5. The fourth-order valence-electron chi connectivity index (χ4n) is 0.868. The molecule has 0 aliphatic heterocycles. The first-order valence-corrected chi connectivity index (χ1v) is 6.88. The Morgan fingerprint density at radius 2 is 0.875 bits per heavy atom. The summed E-state index contributed by atoms with van der Waals surface area (Å²) < 4.78 is 166. The first-order chi connectivity index (χ1) is 13.8.